The lowest BCUT2D eigenvalue weighted by Crippen LogP contribution is -2.52. The highest BCUT2D eigenvalue weighted by atomic mass is 16.5. The first-order chi connectivity index (χ1) is 16.5. The standard InChI is InChI=1S/C27H33NO6/c1-4-19-7-9-20(10-8-19)33-17-5-6-24(30)28-15-13-27(14-16-28)18-22(29)21-11-12-23(31-2)26(32-3)25(21)34-27/h7-12H,4-6,13-18H2,1-3H3. The van der Waals surface area contributed by atoms with Gasteiger partial charge in [0.2, 0.25) is 11.7 Å². The molecular weight excluding hydrogens is 434 g/mol. The quantitative estimate of drug-likeness (QED) is 0.534. The van der Waals surface area contributed by atoms with E-state index in [4.69, 9.17) is 18.9 Å². The first-order valence-corrected chi connectivity index (χ1v) is 12.0. The van der Waals surface area contributed by atoms with Crippen molar-refractivity contribution in [1.82, 2.24) is 4.90 Å². The van der Waals surface area contributed by atoms with Crippen molar-refractivity contribution in [2.45, 2.75) is 51.0 Å². The number of aryl methyl sites for hydroxylation is 1. The average Bonchev–Trinajstić information content (AvgIpc) is 2.86. The second-order valence-corrected chi connectivity index (χ2v) is 8.89. The van der Waals surface area contributed by atoms with Crippen LogP contribution in [-0.4, -0.2) is 56.1 Å². The van der Waals surface area contributed by atoms with E-state index in [1.807, 2.05) is 17.0 Å². The Labute approximate surface area is 200 Å². The molecule has 1 amide bonds. The molecule has 2 heterocycles. The van der Waals surface area contributed by atoms with E-state index in [9.17, 15) is 9.59 Å². The Morgan fingerprint density at radius 3 is 2.44 bits per heavy atom. The first kappa shape index (κ1) is 23.9. The molecule has 0 aromatic heterocycles. The molecular formula is C27H33NO6. The van der Waals surface area contributed by atoms with Crippen molar-refractivity contribution in [3.05, 3.63) is 47.5 Å². The van der Waals surface area contributed by atoms with Crippen LogP contribution in [0.5, 0.6) is 23.0 Å². The van der Waals surface area contributed by atoms with E-state index >= 15 is 0 Å². The highest BCUT2D eigenvalue weighted by molar-refractivity contribution is 6.01. The number of likely N-dealkylation sites (tertiary alicyclic amines) is 1. The summed E-state index contributed by atoms with van der Waals surface area (Å²) in [6, 6.07) is 11.5. The van der Waals surface area contributed by atoms with Crippen LogP contribution < -0.4 is 18.9 Å². The number of nitrogens with zero attached hydrogens (tertiary/aromatic N) is 1. The molecule has 0 aliphatic carbocycles. The van der Waals surface area contributed by atoms with Crippen molar-refractivity contribution in [2.75, 3.05) is 33.9 Å². The third-order valence-corrected chi connectivity index (χ3v) is 6.76. The van der Waals surface area contributed by atoms with Gasteiger partial charge in [0.25, 0.3) is 0 Å². The third kappa shape index (κ3) is 4.98. The smallest absolute Gasteiger partial charge is 0.222 e. The van der Waals surface area contributed by atoms with Gasteiger partial charge in [0, 0.05) is 32.4 Å². The number of hydrogen-bond donors (Lipinski definition) is 0. The number of ketones is 1. The fourth-order valence-electron chi connectivity index (χ4n) is 4.70. The molecule has 4 rings (SSSR count). The lowest BCUT2D eigenvalue weighted by Gasteiger charge is -2.44. The molecule has 0 radical (unpaired) electrons. The molecule has 0 saturated carbocycles. The number of rotatable bonds is 8. The Kier molecular flexibility index (Phi) is 7.29. The van der Waals surface area contributed by atoms with Crippen LogP contribution in [0.2, 0.25) is 0 Å². The van der Waals surface area contributed by atoms with Gasteiger partial charge < -0.3 is 23.8 Å². The Morgan fingerprint density at radius 2 is 1.79 bits per heavy atom. The van der Waals surface area contributed by atoms with Gasteiger partial charge in [0.1, 0.15) is 11.4 Å². The van der Waals surface area contributed by atoms with Gasteiger partial charge in [-0.25, -0.2) is 0 Å². The highest BCUT2D eigenvalue weighted by Gasteiger charge is 2.45. The summed E-state index contributed by atoms with van der Waals surface area (Å²) in [5.74, 6) is 2.39. The van der Waals surface area contributed by atoms with Crippen molar-refractivity contribution in [3.63, 3.8) is 0 Å². The third-order valence-electron chi connectivity index (χ3n) is 6.76. The van der Waals surface area contributed by atoms with Gasteiger partial charge in [-0.05, 0) is 42.7 Å². The molecule has 0 N–H and O–H groups in total. The average molecular weight is 468 g/mol. The minimum Gasteiger partial charge on any atom is -0.494 e. The second kappa shape index (κ2) is 10.4. The van der Waals surface area contributed by atoms with Gasteiger partial charge in [-0.1, -0.05) is 19.1 Å². The number of ether oxygens (including phenoxy) is 4. The Morgan fingerprint density at radius 1 is 1.06 bits per heavy atom. The van der Waals surface area contributed by atoms with E-state index < -0.39 is 5.60 Å². The molecule has 2 aliphatic rings. The van der Waals surface area contributed by atoms with Gasteiger partial charge >= 0.3 is 0 Å². The Balaban J connectivity index is 1.29. The van der Waals surface area contributed by atoms with E-state index in [0.717, 1.165) is 12.2 Å². The van der Waals surface area contributed by atoms with Crippen LogP contribution in [0.3, 0.4) is 0 Å². The number of carbonyl (C=O) groups excluding carboxylic acids is 2. The molecule has 34 heavy (non-hydrogen) atoms. The first-order valence-electron chi connectivity index (χ1n) is 12.0. The Hall–Kier alpha value is -3.22. The molecule has 0 atom stereocenters. The summed E-state index contributed by atoms with van der Waals surface area (Å²) in [5, 5.41) is 0. The summed E-state index contributed by atoms with van der Waals surface area (Å²) >= 11 is 0. The number of methoxy groups -OCH3 is 2. The summed E-state index contributed by atoms with van der Waals surface area (Å²) in [7, 11) is 3.10. The number of benzene rings is 2. The predicted molar refractivity (Wildman–Crippen MR) is 128 cm³/mol. The van der Waals surface area contributed by atoms with Gasteiger partial charge in [-0.2, -0.15) is 0 Å². The van der Waals surface area contributed by atoms with E-state index in [2.05, 4.69) is 19.1 Å². The van der Waals surface area contributed by atoms with E-state index in [0.29, 0.717) is 74.6 Å². The maximum Gasteiger partial charge on any atom is 0.222 e. The number of piperidine rings is 1. The van der Waals surface area contributed by atoms with Crippen LogP contribution in [0.4, 0.5) is 0 Å². The zero-order chi connectivity index (χ0) is 24.1. The molecule has 7 heteroatoms. The van der Waals surface area contributed by atoms with Gasteiger partial charge in [0.15, 0.2) is 17.3 Å². The van der Waals surface area contributed by atoms with Crippen molar-refractivity contribution in [1.29, 1.82) is 0 Å². The fraction of sp³-hybridized carbons (Fsp3) is 0.481. The minimum absolute atomic E-state index is 0.0334. The predicted octanol–water partition coefficient (Wildman–Crippen LogP) is 4.45. The van der Waals surface area contributed by atoms with Gasteiger partial charge in [-0.15, -0.1) is 0 Å². The zero-order valence-electron chi connectivity index (χ0n) is 20.2. The van der Waals surface area contributed by atoms with Crippen molar-refractivity contribution in [3.8, 4) is 23.0 Å². The normalized spacial score (nSPS) is 16.6. The summed E-state index contributed by atoms with van der Waals surface area (Å²) < 4.78 is 23.0. The molecule has 7 nitrogen and oxygen atoms in total. The summed E-state index contributed by atoms with van der Waals surface area (Å²) in [6.45, 7) is 3.75. The van der Waals surface area contributed by atoms with Crippen LogP contribution in [-0.2, 0) is 11.2 Å². The molecule has 2 aromatic carbocycles. The zero-order valence-corrected chi connectivity index (χ0v) is 20.2. The number of Topliss-reactive ketones (excluding diaryl/α,β-unsaturated/α-hetero) is 1. The van der Waals surface area contributed by atoms with E-state index in [-0.39, 0.29) is 11.7 Å². The SMILES string of the molecule is CCc1ccc(OCCCC(=O)N2CCC3(CC2)CC(=O)c2ccc(OC)c(OC)c2O3)cc1. The molecule has 1 fully saturated rings. The largest absolute Gasteiger partial charge is 0.494 e. The molecule has 0 unspecified atom stereocenters. The maximum atomic E-state index is 12.9. The molecule has 2 aromatic rings. The minimum atomic E-state index is -0.617. The summed E-state index contributed by atoms with van der Waals surface area (Å²) in [4.78, 5) is 27.5. The fourth-order valence-corrected chi connectivity index (χ4v) is 4.70. The monoisotopic (exact) mass is 467 g/mol. The number of amides is 1. The molecule has 2 aliphatic heterocycles. The lowest BCUT2D eigenvalue weighted by molar-refractivity contribution is -0.135. The van der Waals surface area contributed by atoms with Gasteiger partial charge in [-0.3, -0.25) is 9.59 Å². The van der Waals surface area contributed by atoms with Crippen molar-refractivity contribution < 1.29 is 28.5 Å². The summed E-state index contributed by atoms with van der Waals surface area (Å²) in [5.41, 5.74) is 1.18. The van der Waals surface area contributed by atoms with Crippen molar-refractivity contribution in [2.24, 2.45) is 0 Å². The molecule has 1 spiro atoms. The topological polar surface area (TPSA) is 74.3 Å². The van der Waals surface area contributed by atoms with Crippen molar-refractivity contribution >= 4 is 11.7 Å². The van der Waals surface area contributed by atoms with Crippen LogP contribution in [0.1, 0.15) is 54.9 Å². The van der Waals surface area contributed by atoms with Crippen LogP contribution in [0.25, 0.3) is 0 Å². The number of fused-ring (bicyclic) bond motifs is 1. The van der Waals surface area contributed by atoms with Crippen LogP contribution in [0.15, 0.2) is 36.4 Å². The molecule has 0 bridgehead atoms. The number of carbonyl (C=O) groups is 2. The second-order valence-electron chi connectivity index (χ2n) is 8.89. The maximum absolute atomic E-state index is 12.9. The number of hydrogen-bond acceptors (Lipinski definition) is 6. The highest BCUT2D eigenvalue weighted by Crippen LogP contribution is 2.47. The van der Waals surface area contributed by atoms with Crippen LogP contribution >= 0.6 is 0 Å². The van der Waals surface area contributed by atoms with E-state index in [1.54, 1.807) is 26.4 Å². The van der Waals surface area contributed by atoms with Crippen LogP contribution in [0, 0.1) is 0 Å². The summed E-state index contributed by atoms with van der Waals surface area (Å²) in [6.07, 6.45) is 3.61. The Bertz CT molecular complexity index is 1020. The van der Waals surface area contributed by atoms with E-state index in [1.165, 1.54) is 5.56 Å². The molecule has 182 valence electrons. The molecule has 1 saturated heterocycles. The van der Waals surface area contributed by atoms with Gasteiger partial charge in [0.05, 0.1) is 32.8 Å². The lowest BCUT2D eigenvalue weighted by atomic mass is 9.82.